The molecular weight excluding hydrogens is 310 g/mol. The lowest BCUT2D eigenvalue weighted by Gasteiger charge is -2.20. The highest BCUT2D eigenvalue weighted by molar-refractivity contribution is 6.61. The molecule has 8 heteroatoms. The molecule has 0 unspecified atom stereocenters. The second kappa shape index (κ2) is 6.13. The number of anilines is 1. The fourth-order valence-corrected chi connectivity index (χ4v) is 2.32. The van der Waals surface area contributed by atoms with Gasteiger partial charge in [-0.2, -0.15) is 13.2 Å². The molecule has 0 saturated carbocycles. The second-order valence-corrected chi connectivity index (χ2v) is 5.11. The molecule has 1 aliphatic heterocycles. The van der Waals surface area contributed by atoms with Gasteiger partial charge in [0.15, 0.2) is 5.75 Å². The molecule has 2 N–H and O–H groups in total. The van der Waals surface area contributed by atoms with E-state index in [2.05, 4.69) is 5.48 Å². The number of alkyl halides is 3. The minimum absolute atomic E-state index is 0.243. The number of nitrogens with one attached hydrogen (secondary N) is 1. The monoisotopic (exact) mass is 323 g/mol. The van der Waals surface area contributed by atoms with Crippen LogP contribution in [0.25, 0.3) is 0 Å². The zero-order valence-corrected chi connectivity index (χ0v) is 11.9. The van der Waals surface area contributed by atoms with Gasteiger partial charge in [0.25, 0.3) is 0 Å². The summed E-state index contributed by atoms with van der Waals surface area (Å²) < 4.78 is 42.6. The molecule has 1 heterocycles. The predicted octanol–water partition coefficient (Wildman–Crippen LogP) is 2.37. The van der Waals surface area contributed by atoms with Gasteiger partial charge in [0, 0.05) is 6.61 Å². The number of benzene rings is 2. The summed E-state index contributed by atoms with van der Waals surface area (Å²) in [4.78, 5) is 5.25. The fraction of sp³-hybridized carbons (Fsp3) is 0.200. The minimum Gasteiger partial charge on any atom is -0.423 e. The normalized spacial score (nSPS) is 14.3. The fourth-order valence-electron chi connectivity index (χ4n) is 2.32. The Morgan fingerprint density at radius 2 is 1.87 bits per heavy atom. The van der Waals surface area contributed by atoms with Gasteiger partial charge in [-0.15, -0.1) is 0 Å². The highest BCUT2D eigenvalue weighted by Gasteiger charge is 2.30. The van der Waals surface area contributed by atoms with Crippen molar-refractivity contribution in [2.75, 3.05) is 12.1 Å². The maximum absolute atomic E-state index is 12.5. The van der Waals surface area contributed by atoms with Gasteiger partial charge < -0.3 is 14.5 Å². The van der Waals surface area contributed by atoms with Crippen molar-refractivity contribution in [3.8, 4) is 5.75 Å². The third kappa shape index (κ3) is 3.60. The summed E-state index contributed by atoms with van der Waals surface area (Å²) in [6.07, 6.45) is -3.66. The van der Waals surface area contributed by atoms with Crippen molar-refractivity contribution in [1.29, 1.82) is 0 Å². The van der Waals surface area contributed by atoms with E-state index in [0.29, 0.717) is 24.2 Å². The Morgan fingerprint density at radius 3 is 2.57 bits per heavy atom. The Bertz CT molecular complexity index is 691. The third-order valence-corrected chi connectivity index (χ3v) is 3.53. The topological polar surface area (TPSA) is 50.7 Å². The van der Waals surface area contributed by atoms with Crippen LogP contribution in [-0.4, -0.2) is 18.7 Å². The van der Waals surface area contributed by atoms with Crippen molar-refractivity contribution < 1.29 is 27.7 Å². The molecule has 0 fully saturated rings. The molecule has 2 aromatic rings. The van der Waals surface area contributed by atoms with Gasteiger partial charge in [0.2, 0.25) is 0 Å². The number of hydrogen-bond acceptors (Lipinski definition) is 4. The van der Waals surface area contributed by atoms with E-state index < -0.39 is 18.9 Å². The average Bonchev–Trinajstić information content (AvgIpc) is 2.53. The van der Waals surface area contributed by atoms with Gasteiger partial charge >= 0.3 is 13.3 Å². The summed E-state index contributed by atoms with van der Waals surface area (Å²) >= 11 is 0. The van der Waals surface area contributed by atoms with E-state index in [9.17, 15) is 18.2 Å². The molecule has 0 amide bonds. The van der Waals surface area contributed by atoms with Gasteiger partial charge in [-0.05, 0) is 53.8 Å². The second-order valence-electron chi connectivity index (χ2n) is 5.11. The van der Waals surface area contributed by atoms with Crippen LogP contribution in [0.5, 0.6) is 5.75 Å². The van der Waals surface area contributed by atoms with E-state index in [0.717, 1.165) is 17.7 Å². The third-order valence-electron chi connectivity index (χ3n) is 3.53. The van der Waals surface area contributed by atoms with Gasteiger partial charge in [0.05, 0.1) is 11.3 Å². The van der Waals surface area contributed by atoms with Crippen molar-refractivity contribution in [3.63, 3.8) is 0 Å². The van der Waals surface area contributed by atoms with Crippen LogP contribution >= 0.6 is 0 Å². The molecule has 1 aliphatic rings. The molecule has 120 valence electrons. The SMILES string of the molecule is OB1OCCc2ccc(NOc3ccc(C(F)(F)F)cc3)cc21. The Hall–Kier alpha value is -2.19. The van der Waals surface area contributed by atoms with E-state index >= 15 is 0 Å². The van der Waals surface area contributed by atoms with Crippen LogP contribution in [0.15, 0.2) is 42.5 Å². The molecule has 2 aromatic carbocycles. The zero-order valence-electron chi connectivity index (χ0n) is 11.9. The molecule has 0 radical (unpaired) electrons. The van der Waals surface area contributed by atoms with E-state index in [1.807, 2.05) is 6.07 Å². The van der Waals surface area contributed by atoms with Gasteiger partial charge in [0.1, 0.15) is 0 Å². The molecule has 0 bridgehead atoms. The summed E-state index contributed by atoms with van der Waals surface area (Å²) in [5, 5.41) is 9.78. The summed E-state index contributed by atoms with van der Waals surface area (Å²) in [6, 6.07) is 9.64. The molecule has 3 rings (SSSR count). The molecule has 0 atom stereocenters. The van der Waals surface area contributed by atoms with E-state index in [1.165, 1.54) is 12.1 Å². The Balaban J connectivity index is 1.68. The summed E-state index contributed by atoms with van der Waals surface area (Å²) in [5.74, 6) is 0.243. The van der Waals surface area contributed by atoms with Crippen molar-refractivity contribution in [1.82, 2.24) is 0 Å². The first-order valence-corrected chi connectivity index (χ1v) is 6.96. The highest BCUT2D eigenvalue weighted by Crippen LogP contribution is 2.30. The first kappa shape index (κ1) is 15.7. The van der Waals surface area contributed by atoms with Crippen LogP contribution in [0.2, 0.25) is 0 Å². The number of halogens is 3. The number of fused-ring (bicyclic) bond motifs is 1. The Morgan fingerprint density at radius 1 is 1.13 bits per heavy atom. The van der Waals surface area contributed by atoms with Crippen molar-refractivity contribution >= 4 is 18.3 Å². The number of hydrogen-bond donors (Lipinski definition) is 2. The van der Waals surface area contributed by atoms with Crippen LogP contribution < -0.4 is 15.8 Å². The lowest BCUT2D eigenvalue weighted by molar-refractivity contribution is -0.137. The molecule has 4 nitrogen and oxygen atoms in total. The average molecular weight is 323 g/mol. The minimum atomic E-state index is -4.37. The molecule has 23 heavy (non-hydrogen) atoms. The first-order chi connectivity index (χ1) is 10.9. The van der Waals surface area contributed by atoms with Crippen molar-refractivity contribution in [2.24, 2.45) is 0 Å². The maximum atomic E-state index is 12.5. The molecule has 0 saturated heterocycles. The number of rotatable bonds is 3. The molecule has 0 aliphatic carbocycles. The van der Waals surface area contributed by atoms with E-state index in [1.54, 1.807) is 12.1 Å². The first-order valence-electron chi connectivity index (χ1n) is 6.96. The standard InChI is InChI=1S/C15H13BF3NO3/c17-15(18,19)11-2-5-13(6-3-11)23-20-12-4-1-10-7-8-22-16(21)14(10)9-12/h1-6,9,20-21H,7-8H2. The van der Waals surface area contributed by atoms with Gasteiger partial charge in [-0.25, -0.2) is 5.48 Å². The van der Waals surface area contributed by atoms with Crippen molar-refractivity contribution in [3.05, 3.63) is 53.6 Å². The quantitative estimate of drug-likeness (QED) is 0.673. The van der Waals surface area contributed by atoms with Crippen LogP contribution in [0.1, 0.15) is 11.1 Å². The maximum Gasteiger partial charge on any atom is 0.491 e. The van der Waals surface area contributed by atoms with Crippen molar-refractivity contribution in [2.45, 2.75) is 12.6 Å². The lowest BCUT2D eigenvalue weighted by atomic mass is 9.73. The van der Waals surface area contributed by atoms with Crippen LogP contribution in [0, 0.1) is 0 Å². The lowest BCUT2D eigenvalue weighted by Crippen LogP contribution is -2.41. The zero-order chi connectivity index (χ0) is 16.4. The highest BCUT2D eigenvalue weighted by atomic mass is 19.4. The summed E-state index contributed by atoms with van der Waals surface area (Å²) in [7, 11) is -0.980. The van der Waals surface area contributed by atoms with E-state index in [-0.39, 0.29) is 5.75 Å². The molecule has 0 aromatic heterocycles. The largest absolute Gasteiger partial charge is 0.491 e. The molecule has 0 spiro atoms. The Kier molecular flexibility index (Phi) is 4.19. The molecular formula is C15H13BF3NO3. The smallest absolute Gasteiger partial charge is 0.423 e. The summed E-state index contributed by atoms with van der Waals surface area (Å²) in [5.41, 5.74) is 4.11. The van der Waals surface area contributed by atoms with E-state index in [4.69, 9.17) is 9.49 Å². The van der Waals surface area contributed by atoms with Crippen LogP contribution in [0.4, 0.5) is 18.9 Å². The van der Waals surface area contributed by atoms with Gasteiger partial charge in [-0.1, -0.05) is 6.07 Å². The van der Waals surface area contributed by atoms with Crippen LogP contribution in [-0.2, 0) is 17.3 Å². The predicted molar refractivity (Wildman–Crippen MR) is 79.4 cm³/mol. The van der Waals surface area contributed by atoms with Crippen LogP contribution in [0.3, 0.4) is 0 Å². The van der Waals surface area contributed by atoms with Gasteiger partial charge in [-0.3, -0.25) is 0 Å². The summed E-state index contributed by atoms with van der Waals surface area (Å²) in [6.45, 7) is 0.461. The Labute approximate surface area is 130 Å².